The number of H-pyrrole nitrogens is 1. The Kier molecular flexibility index (Phi) is 4.72. The van der Waals surface area contributed by atoms with Crippen molar-refractivity contribution >= 4 is 0 Å². The van der Waals surface area contributed by atoms with Gasteiger partial charge in [-0.2, -0.15) is 5.10 Å². The molecule has 0 unspecified atom stereocenters. The highest BCUT2D eigenvalue weighted by Gasteiger charge is 2.26. The van der Waals surface area contributed by atoms with Crippen LogP contribution in [-0.2, 0) is 20.1 Å². The van der Waals surface area contributed by atoms with Gasteiger partial charge in [0.2, 0.25) is 0 Å². The summed E-state index contributed by atoms with van der Waals surface area (Å²) < 4.78 is 2.23. The molecule has 2 saturated heterocycles. The lowest BCUT2D eigenvalue weighted by Gasteiger charge is -2.33. The molecule has 130 valence electrons. The Labute approximate surface area is 144 Å². The maximum Gasteiger partial charge on any atom is 0.0535 e. The fraction of sp³-hybridized carbons (Fsp3) is 0.632. The van der Waals surface area contributed by atoms with E-state index in [1.807, 2.05) is 0 Å². The topological polar surface area (TPSA) is 40.1 Å². The molecule has 0 amide bonds. The maximum absolute atomic E-state index is 4.38. The van der Waals surface area contributed by atoms with Gasteiger partial charge < -0.3 is 4.57 Å². The molecule has 0 aliphatic carbocycles. The van der Waals surface area contributed by atoms with E-state index >= 15 is 0 Å². The summed E-state index contributed by atoms with van der Waals surface area (Å²) in [6, 6.07) is 4.37. The number of hydrogen-bond acceptors (Lipinski definition) is 3. The monoisotopic (exact) mass is 327 g/mol. The molecule has 0 radical (unpaired) electrons. The van der Waals surface area contributed by atoms with Gasteiger partial charge in [0, 0.05) is 55.7 Å². The first-order valence-electron chi connectivity index (χ1n) is 9.36. The minimum Gasteiger partial charge on any atom is -0.353 e. The van der Waals surface area contributed by atoms with Crippen molar-refractivity contribution in [3.63, 3.8) is 0 Å². The van der Waals surface area contributed by atoms with Gasteiger partial charge in [-0.25, -0.2) is 0 Å². The first-order valence-corrected chi connectivity index (χ1v) is 9.36. The molecule has 1 atom stereocenters. The zero-order valence-electron chi connectivity index (χ0n) is 14.7. The van der Waals surface area contributed by atoms with Crippen LogP contribution in [0.3, 0.4) is 0 Å². The van der Waals surface area contributed by atoms with Gasteiger partial charge in [0.25, 0.3) is 0 Å². The number of hydrogen-bond donors (Lipinski definition) is 1. The third kappa shape index (κ3) is 3.42. The number of piperidine rings is 1. The van der Waals surface area contributed by atoms with E-state index in [0.29, 0.717) is 5.92 Å². The van der Waals surface area contributed by atoms with Crippen molar-refractivity contribution in [2.45, 2.75) is 44.7 Å². The van der Waals surface area contributed by atoms with Crippen LogP contribution in [0, 0.1) is 0 Å². The number of nitrogens with zero attached hydrogens (tertiary/aromatic N) is 4. The number of aryl methyl sites for hydroxylation is 1. The highest BCUT2D eigenvalue weighted by molar-refractivity contribution is 5.22. The van der Waals surface area contributed by atoms with Gasteiger partial charge >= 0.3 is 0 Å². The molecule has 0 spiro atoms. The second-order valence-electron chi connectivity index (χ2n) is 7.48. The second-order valence-corrected chi connectivity index (χ2v) is 7.48. The van der Waals surface area contributed by atoms with E-state index in [0.717, 1.165) is 19.6 Å². The second kappa shape index (κ2) is 7.11. The fourth-order valence-electron chi connectivity index (χ4n) is 4.31. The van der Waals surface area contributed by atoms with E-state index in [4.69, 9.17) is 0 Å². The first-order chi connectivity index (χ1) is 11.8. The van der Waals surface area contributed by atoms with Crippen LogP contribution in [0.25, 0.3) is 0 Å². The lowest BCUT2D eigenvalue weighted by atomic mass is 9.92. The Morgan fingerprint density at radius 2 is 1.96 bits per heavy atom. The molecule has 24 heavy (non-hydrogen) atoms. The van der Waals surface area contributed by atoms with Gasteiger partial charge in [-0.15, -0.1) is 0 Å². The zero-order chi connectivity index (χ0) is 16.4. The van der Waals surface area contributed by atoms with Crippen molar-refractivity contribution in [3.05, 3.63) is 41.5 Å². The van der Waals surface area contributed by atoms with Crippen LogP contribution in [0.5, 0.6) is 0 Å². The maximum atomic E-state index is 4.38. The first kappa shape index (κ1) is 15.9. The van der Waals surface area contributed by atoms with Crippen molar-refractivity contribution in [2.75, 3.05) is 26.2 Å². The Morgan fingerprint density at radius 3 is 2.75 bits per heavy atom. The van der Waals surface area contributed by atoms with Gasteiger partial charge in [0.05, 0.1) is 6.20 Å². The molecule has 2 aromatic heterocycles. The van der Waals surface area contributed by atoms with Crippen LogP contribution < -0.4 is 0 Å². The zero-order valence-corrected chi connectivity index (χ0v) is 14.7. The van der Waals surface area contributed by atoms with Gasteiger partial charge in [0.1, 0.15) is 0 Å². The molecule has 0 saturated carbocycles. The lowest BCUT2D eigenvalue weighted by molar-refractivity contribution is 0.194. The van der Waals surface area contributed by atoms with E-state index in [-0.39, 0.29) is 0 Å². The average molecular weight is 327 g/mol. The Bertz CT molecular complexity index is 652. The van der Waals surface area contributed by atoms with Crippen molar-refractivity contribution in [1.29, 1.82) is 0 Å². The summed E-state index contributed by atoms with van der Waals surface area (Å²) in [7, 11) is 2.14. The highest BCUT2D eigenvalue weighted by atomic mass is 15.2. The highest BCUT2D eigenvalue weighted by Crippen LogP contribution is 2.29. The summed E-state index contributed by atoms with van der Waals surface area (Å²) in [5, 5.41) is 7.71. The van der Waals surface area contributed by atoms with E-state index in [1.165, 1.54) is 62.3 Å². The molecular weight excluding hydrogens is 298 g/mol. The summed E-state index contributed by atoms with van der Waals surface area (Å²) in [5.41, 5.74) is 4.21. The molecule has 2 aromatic rings. The van der Waals surface area contributed by atoms with Crippen LogP contribution in [-0.4, -0.2) is 50.7 Å². The molecule has 5 heteroatoms. The Morgan fingerprint density at radius 1 is 1.12 bits per heavy atom. The van der Waals surface area contributed by atoms with Crippen molar-refractivity contribution < 1.29 is 0 Å². The molecule has 2 fully saturated rings. The standard InChI is InChI=1S/C19H29N5/c1-22-8-5-7-18(22)15-24-11-4-6-16(13-24)19-17(12-20-21-19)14-23-9-2-3-10-23/h5,7-8,12,16H,2-4,6,9-11,13-15H2,1H3,(H,20,21)/t16-/m1/s1. The van der Waals surface area contributed by atoms with Gasteiger partial charge in [-0.3, -0.25) is 14.9 Å². The lowest BCUT2D eigenvalue weighted by Crippen LogP contribution is -2.35. The van der Waals surface area contributed by atoms with Crippen LogP contribution >= 0.6 is 0 Å². The summed E-state index contributed by atoms with van der Waals surface area (Å²) in [4.78, 5) is 5.17. The van der Waals surface area contributed by atoms with Crippen LogP contribution in [0.1, 0.15) is 48.6 Å². The van der Waals surface area contributed by atoms with Crippen LogP contribution in [0.15, 0.2) is 24.5 Å². The quantitative estimate of drug-likeness (QED) is 0.918. The number of aromatic amines is 1. The van der Waals surface area contributed by atoms with Gasteiger partial charge in [-0.1, -0.05) is 0 Å². The molecule has 4 rings (SSSR count). The third-order valence-electron chi connectivity index (χ3n) is 5.69. The predicted octanol–water partition coefficient (Wildman–Crippen LogP) is 2.72. The number of rotatable bonds is 5. The molecule has 5 nitrogen and oxygen atoms in total. The normalized spacial score (nSPS) is 23.1. The fourth-order valence-corrected chi connectivity index (χ4v) is 4.31. The predicted molar refractivity (Wildman–Crippen MR) is 95.8 cm³/mol. The summed E-state index contributed by atoms with van der Waals surface area (Å²) in [5.74, 6) is 0.596. The number of nitrogens with one attached hydrogen (secondary N) is 1. The molecule has 0 aromatic carbocycles. The van der Waals surface area contributed by atoms with E-state index < -0.39 is 0 Å². The summed E-state index contributed by atoms with van der Waals surface area (Å²) >= 11 is 0. The van der Waals surface area contributed by atoms with E-state index in [9.17, 15) is 0 Å². The molecular formula is C19H29N5. The summed E-state index contributed by atoms with van der Waals surface area (Å²) in [6.45, 7) is 6.96. The molecule has 2 aliphatic rings. The third-order valence-corrected chi connectivity index (χ3v) is 5.69. The van der Waals surface area contributed by atoms with E-state index in [2.05, 4.69) is 56.1 Å². The van der Waals surface area contributed by atoms with E-state index in [1.54, 1.807) is 0 Å². The molecule has 1 N–H and O–H groups in total. The average Bonchev–Trinajstić information content (AvgIpc) is 3.32. The van der Waals surface area contributed by atoms with Crippen molar-refractivity contribution in [2.24, 2.45) is 7.05 Å². The number of likely N-dealkylation sites (tertiary alicyclic amines) is 2. The van der Waals surface area contributed by atoms with Crippen molar-refractivity contribution in [3.8, 4) is 0 Å². The van der Waals surface area contributed by atoms with Crippen LogP contribution in [0.2, 0.25) is 0 Å². The largest absolute Gasteiger partial charge is 0.353 e. The molecule has 2 aliphatic heterocycles. The molecule has 4 heterocycles. The molecule has 0 bridgehead atoms. The Balaban J connectivity index is 1.42. The summed E-state index contributed by atoms with van der Waals surface area (Å²) in [6.07, 6.45) is 9.45. The van der Waals surface area contributed by atoms with Crippen LogP contribution in [0.4, 0.5) is 0 Å². The Hall–Kier alpha value is -1.59. The van der Waals surface area contributed by atoms with Gasteiger partial charge in [0.15, 0.2) is 0 Å². The number of aromatic nitrogens is 3. The van der Waals surface area contributed by atoms with Crippen molar-refractivity contribution in [1.82, 2.24) is 24.6 Å². The minimum absolute atomic E-state index is 0.596. The smallest absolute Gasteiger partial charge is 0.0535 e. The van der Waals surface area contributed by atoms with Gasteiger partial charge in [-0.05, 0) is 57.5 Å². The minimum atomic E-state index is 0.596. The SMILES string of the molecule is Cn1cccc1CN1CCC[C@@H](c2[nH]ncc2CN2CCCC2)C1.